The minimum Gasteiger partial charge on any atom is -0.480 e. The van der Waals surface area contributed by atoms with Gasteiger partial charge in [-0.25, -0.2) is 9.59 Å². The Morgan fingerprint density at radius 1 is 1.32 bits per heavy atom. The van der Waals surface area contributed by atoms with E-state index >= 15 is 0 Å². The molecule has 0 radical (unpaired) electrons. The molecule has 3 atom stereocenters. The van der Waals surface area contributed by atoms with Crippen molar-refractivity contribution in [3.8, 4) is 0 Å². The van der Waals surface area contributed by atoms with Gasteiger partial charge in [-0.1, -0.05) is 0 Å². The number of likely N-dealkylation sites (tertiary alicyclic amines) is 1. The Morgan fingerprint density at radius 3 is 2.53 bits per heavy atom. The van der Waals surface area contributed by atoms with E-state index in [0.29, 0.717) is 6.04 Å². The molecule has 0 aromatic heterocycles. The molecule has 7 nitrogen and oxygen atoms in total. The Hall–Kier alpha value is -1.34. The topological polar surface area (TPSA) is 102 Å². The van der Waals surface area contributed by atoms with Gasteiger partial charge in [0.2, 0.25) is 0 Å². The smallest absolute Gasteiger partial charge is 0.328 e. The van der Waals surface area contributed by atoms with E-state index in [1.54, 1.807) is 0 Å². The Balaban J connectivity index is 1.76. The number of hydrogen-bond acceptors (Lipinski definition) is 4. The summed E-state index contributed by atoms with van der Waals surface area (Å²) in [5, 5.41) is 23.2. The van der Waals surface area contributed by atoms with Crippen LogP contribution in [0.5, 0.6) is 0 Å². The predicted molar refractivity (Wildman–Crippen MR) is 67.8 cm³/mol. The van der Waals surface area contributed by atoms with Crippen LogP contribution in [0.4, 0.5) is 4.79 Å². The molecule has 2 aliphatic rings. The van der Waals surface area contributed by atoms with Crippen molar-refractivity contribution in [2.24, 2.45) is 0 Å². The van der Waals surface area contributed by atoms with Crippen LogP contribution in [-0.2, 0) is 4.79 Å². The van der Waals surface area contributed by atoms with Crippen LogP contribution in [0.1, 0.15) is 26.2 Å². The molecule has 1 aliphatic carbocycles. The molecule has 7 heteroatoms. The zero-order valence-electron chi connectivity index (χ0n) is 11.0. The summed E-state index contributed by atoms with van der Waals surface area (Å²) in [6.45, 7) is 3.14. The lowest BCUT2D eigenvalue weighted by atomic mass is 10.2. The SMILES string of the molecule is C[C@@H](O)[C@H](NC(=O)NC1CCN(C2CC2)C1)C(=O)O. The van der Waals surface area contributed by atoms with E-state index < -0.39 is 24.1 Å². The number of nitrogens with one attached hydrogen (secondary N) is 2. The van der Waals surface area contributed by atoms with Crippen molar-refractivity contribution in [2.75, 3.05) is 13.1 Å². The van der Waals surface area contributed by atoms with Crippen molar-refractivity contribution in [3.63, 3.8) is 0 Å². The van der Waals surface area contributed by atoms with Gasteiger partial charge in [0.25, 0.3) is 0 Å². The van der Waals surface area contributed by atoms with Gasteiger partial charge in [-0.3, -0.25) is 4.90 Å². The van der Waals surface area contributed by atoms with E-state index in [2.05, 4.69) is 15.5 Å². The highest BCUT2D eigenvalue weighted by Crippen LogP contribution is 2.29. The molecular formula is C12H21N3O4. The number of nitrogens with zero attached hydrogens (tertiary/aromatic N) is 1. The van der Waals surface area contributed by atoms with Crippen LogP contribution >= 0.6 is 0 Å². The molecule has 1 aliphatic heterocycles. The van der Waals surface area contributed by atoms with Gasteiger partial charge >= 0.3 is 12.0 Å². The quantitative estimate of drug-likeness (QED) is 0.532. The third-order valence-corrected chi connectivity index (χ3v) is 3.65. The number of carboxylic acids is 1. The monoisotopic (exact) mass is 271 g/mol. The summed E-state index contributed by atoms with van der Waals surface area (Å²) in [7, 11) is 0. The minimum atomic E-state index is -1.28. The third kappa shape index (κ3) is 3.81. The Morgan fingerprint density at radius 2 is 2.00 bits per heavy atom. The van der Waals surface area contributed by atoms with Gasteiger partial charge in [-0.15, -0.1) is 0 Å². The fourth-order valence-electron chi connectivity index (χ4n) is 2.43. The number of carboxylic acid groups (broad SMARTS) is 1. The molecule has 0 spiro atoms. The summed E-state index contributed by atoms with van der Waals surface area (Å²) in [5.74, 6) is -1.24. The number of carbonyl (C=O) groups is 2. The summed E-state index contributed by atoms with van der Waals surface area (Å²) in [6, 6.07) is -1.07. The van der Waals surface area contributed by atoms with Crippen LogP contribution in [0.25, 0.3) is 0 Å². The van der Waals surface area contributed by atoms with Crippen molar-refractivity contribution in [3.05, 3.63) is 0 Å². The molecule has 2 rings (SSSR count). The molecule has 2 amide bonds. The second-order valence-corrected chi connectivity index (χ2v) is 5.39. The first-order chi connectivity index (χ1) is 8.97. The highest BCUT2D eigenvalue weighted by atomic mass is 16.4. The molecule has 1 heterocycles. The van der Waals surface area contributed by atoms with Gasteiger partial charge in [0.1, 0.15) is 0 Å². The third-order valence-electron chi connectivity index (χ3n) is 3.65. The predicted octanol–water partition coefficient (Wildman–Crippen LogP) is -0.644. The van der Waals surface area contributed by atoms with Gasteiger partial charge < -0.3 is 20.8 Å². The number of rotatable bonds is 5. The molecule has 19 heavy (non-hydrogen) atoms. The summed E-state index contributed by atoms with van der Waals surface area (Å²) in [5.41, 5.74) is 0. The molecular weight excluding hydrogens is 250 g/mol. The zero-order valence-corrected chi connectivity index (χ0v) is 11.0. The maximum Gasteiger partial charge on any atom is 0.328 e. The van der Waals surface area contributed by atoms with Crippen molar-refractivity contribution in [1.82, 2.24) is 15.5 Å². The van der Waals surface area contributed by atoms with E-state index in [9.17, 15) is 14.7 Å². The standard InChI is InChI=1S/C12H21N3O4/c1-7(16)10(11(17)18)14-12(19)13-8-4-5-15(6-8)9-2-3-9/h7-10,16H,2-6H2,1H3,(H,17,18)(H2,13,14,19)/t7-,8?,10+/m1/s1. The molecule has 1 saturated carbocycles. The second-order valence-electron chi connectivity index (χ2n) is 5.39. The first kappa shape index (κ1) is 14.1. The van der Waals surface area contributed by atoms with Gasteiger partial charge in [-0.2, -0.15) is 0 Å². The zero-order chi connectivity index (χ0) is 14.0. The minimum absolute atomic E-state index is 0.0593. The number of aliphatic hydroxyl groups is 1. The molecule has 4 N–H and O–H groups in total. The van der Waals surface area contributed by atoms with E-state index in [4.69, 9.17) is 5.11 Å². The summed E-state index contributed by atoms with van der Waals surface area (Å²) in [6.07, 6.45) is 2.23. The summed E-state index contributed by atoms with van der Waals surface area (Å²) >= 11 is 0. The van der Waals surface area contributed by atoms with E-state index in [-0.39, 0.29) is 6.04 Å². The fraction of sp³-hybridized carbons (Fsp3) is 0.833. The van der Waals surface area contributed by atoms with Crippen LogP contribution < -0.4 is 10.6 Å². The molecule has 108 valence electrons. The van der Waals surface area contributed by atoms with Crippen molar-refractivity contribution in [1.29, 1.82) is 0 Å². The summed E-state index contributed by atoms with van der Waals surface area (Å²) in [4.78, 5) is 24.9. The Kier molecular flexibility index (Phi) is 4.26. The molecule has 0 aromatic rings. The van der Waals surface area contributed by atoms with E-state index in [0.717, 1.165) is 19.5 Å². The molecule has 2 fully saturated rings. The lowest BCUT2D eigenvalue weighted by Gasteiger charge is -2.20. The van der Waals surface area contributed by atoms with Crippen LogP contribution in [0.15, 0.2) is 0 Å². The number of amides is 2. The summed E-state index contributed by atoms with van der Waals surface area (Å²) < 4.78 is 0. The molecule has 0 aromatic carbocycles. The van der Waals surface area contributed by atoms with Crippen molar-refractivity contribution in [2.45, 2.75) is 50.4 Å². The largest absolute Gasteiger partial charge is 0.480 e. The maximum absolute atomic E-state index is 11.7. The van der Waals surface area contributed by atoms with E-state index in [1.807, 2.05) is 0 Å². The lowest BCUT2D eigenvalue weighted by molar-refractivity contribution is -0.141. The van der Waals surface area contributed by atoms with E-state index in [1.165, 1.54) is 19.8 Å². The van der Waals surface area contributed by atoms with Crippen LogP contribution in [0, 0.1) is 0 Å². The number of urea groups is 1. The fourth-order valence-corrected chi connectivity index (χ4v) is 2.43. The molecule has 0 bridgehead atoms. The van der Waals surface area contributed by atoms with Crippen LogP contribution in [0.2, 0.25) is 0 Å². The Bertz CT molecular complexity index is 357. The van der Waals surface area contributed by atoms with Gasteiger partial charge in [-0.05, 0) is 26.2 Å². The van der Waals surface area contributed by atoms with Crippen molar-refractivity contribution < 1.29 is 19.8 Å². The number of aliphatic carboxylic acids is 1. The average molecular weight is 271 g/mol. The number of carbonyl (C=O) groups excluding carboxylic acids is 1. The number of aliphatic hydroxyl groups excluding tert-OH is 1. The highest BCUT2D eigenvalue weighted by molar-refractivity contribution is 5.83. The van der Waals surface area contributed by atoms with Gasteiger partial charge in [0.05, 0.1) is 6.10 Å². The first-order valence-corrected chi connectivity index (χ1v) is 6.69. The van der Waals surface area contributed by atoms with Gasteiger partial charge in [0, 0.05) is 25.2 Å². The average Bonchev–Trinajstić information content (AvgIpc) is 3.07. The normalized spacial score (nSPS) is 26.7. The second kappa shape index (κ2) is 5.75. The highest BCUT2D eigenvalue weighted by Gasteiger charge is 2.35. The van der Waals surface area contributed by atoms with Gasteiger partial charge in [0.15, 0.2) is 6.04 Å². The maximum atomic E-state index is 11.7. The molecule has 1 unspecified atom stereocenters. The first-order valence-electron chi connectivity index (χ1n) is 6.69. The Labute approximate surface area is 112 Å². The van der Waals surface area contributed by atoms with Crippen LogP contribution in [-0.4, -0.2) is 64.4 Å². The molecule has 1 saturated heterocycles. The van der Waals surface area contributed by atoms with Crippen LogP contribution in [0.3, 0.4) is 0 Å². The van der Waals surface area contributed by atoms with Crippen molar-refractivity contribution >= 4 is 12.0 Å². The number of hydrogen-bond donors (Lipinski definition) is 4. The lowest BCUT2D eigenvalue weighted by Crippen LogP contribution is -2.53.